The van der Waals surface area contributed by atoms with Gasteiger partial charge in [-0.1, -0.05) is 6.08 Å². The quantitative estimate of drug-likeness (QED) is 0.706. The van der Waals surface area contributed by atoms with Crippen LogP contribution in [0.4, 0.5) is 0 Å². The number of aliphatic hydroxyl groups excluding tert-OH is 1. The first kappa shape index (κ1) is 10.1. The summed E-state index contributed by atoms with van der Waals surface area (Å²) in [4.78, 5) is 0. The van der Waals surface area contributed by atoms with E-state index in [1.54, 1.807) is 6.08 Å². The molecule has 1 unspecified atom stereocenters. The lowest BCUT2D eigenvalue weighted by Crippen LogP contribution is -2.01. The lowest BCUT2D eigenvalue weighted by atomic mass is 10.1. The highest BCUT2D eigenvalue weighted by Gasteiger charge is 2.01. The summed E-state index contributed by atoms with van der Waals surface area (Å²) in [6.45, 7) is 5.45. The van der Waals surface area contributed by atoms with E-state index in [4.69, 9.17) is 4.42 Å². The standard InChI is InChI=1S/C11H16O2/c1-3-10(12)5-4-6-11-8-7-9(2)13-11/h3,7-8,10,12H,1,4-6H2,2H3. The molecule has 2 heteroatoms. The zero-order valence-corrected chi connectivity index (χ0v) is 7.99. The van der Waals surface area contributed by atoms with E-state index in [2.05, 4.69) is 6.58 Å². The van der Waals surface area contributed by atoms with Gasteiger partial charge in [-0.15, -0.1) is 6.58 Å². The largest absolute Gasteiger partial charge is 0.466 e. The second-order valence-electron chi connectivity index (χ2n) is 3.21. The van der Waals surface area contributed by atoms with Crippen molar-refractivity contribution in [2.45, 2.75) is 32.3 Å². The summed E-state index contributed by atoms with van der Waals surface area (Å²) in [5.41, 5.74) is 0. The van der Waals surface area contributed by atoms with Crippen LogP contribution in [-0.4, -0.2) is 11.2 Å². The van der Waals surface area contributed by atoms with Gasteiger partial charge in [0.1, 0.15) is 11.5 Å². The summed E-state index contributed by atoms with van der Waals surface area (Å²) in [6.07, 6.45) is 3.76. The first-order valence-electron chi connectivity index (χ1n) is 4.58. The van der Waals surface area contributed by atoms with Crippen molar-refractivity contribution < 1.29 is 9.52 Å². The molecule has 1 aromatic heterocycles. The minimum absolute atomic E-state index is 0.379. The van der Waals surface area contributed by atoms with Crippen molar-refractivity contribution in [1.29, 1.82) is 0 Å². The SMILES string of the molecule is C=CC(O)CCCc1ccc(C)o1. The third-order valence-corrected chi connectivity index (χ3v) is 1.99. The third kappa shape index (κ3) is 3.47. The highest BCUT2D eigenvalue weighted by Crippen LogP contribution is 2.10. The molecule has 1 aromatic rings. The Labute approximate surface area is 78.9 Å². The Morgan fingerprint density at radius 2 is 2.38 bits per heavy atom. The molecule has 0 aliphatic heterocycles. The third-order valence-electron chi connectivity index (χ3n) is 1.99. The summed E-state index contributed by atoms with van der Waals surface area (Å²) in [7, 11) is 0. The topological polar surface area (TPSA) is 33.4 Å². The highest BCUT2D eigenvalue weighted by molar-refractivity contribution is 5.05. The Morgan fingerprint density at radius 3 is 2.92 bits per heavy atom. The van der Waals surface area contributed by atoms with E-state index in [0.29, 0.717) is 0 Å². The minimum atomic E-state index is -0.379. The fraction of sp³-hybridized carbons (Fsp3) is 0.455. The number of rotatable bonds is 5. The Balaban J connectivity index is 2.23. The van der Waals surface area contributed by atoms with Gasteiger partial charge in [-0.2, -0.15) is 0 Å². The lowest BCUT2D eigenvalue weighted by molar-refractivity contribution is 0.209. The average molecular weight is 180 g/mol. The van der Waals surface area contributed by atoms with Gasteiger partial charge < -0.3 is 9.52 Å². The van der Waals surface area contributed by atoms with Crippen molar-refractivity contribution in [3.63, 3.8) is 0 Å². The van der Waals surface area contributed by atoms with E-state index < -0.39 is 0 Å². The fourth-order valence-corrected chi connectivity index (χ4v) is 1.22. The summed E-state index contributed by atoms with van der Waals surface area (Å²) < 4.78 is 5.39. The first-order chi connectivity index (χ1) is 6.22. The van der Waals surface area contributed by atoms with Crippen LogP contribution in [-0.2, 0) is 6.42 Å². The van der Waals surface area contributed by atoms with Gasteiger partial charge in [0.15, 0.2) is 0 Å². The number of aryl methyl sites for hydroxylation is 2. The molecule has 1 heterocycles. The van der Waals surface area contributed by atoms with Crippen LogP contribution in [0, 0.1) is 6.92 Å². The summed E-state index contributed by atoms with van der Waals surface area (Å²) in [5, 5.41) is 9.19. The molecule has 1 N–H and O–H groups in total. The second kappa shape index (κ2) is 4.87. The van der Waals surface area contributed by atoms with E-state index in [1.807, 2.05) is 19.1 Å². The molecular weight excluding hydrogens is 164 g/mol. The number of furan rings is 1. The molecule has 0 aliphatic rings. The molecule has 0 spiro atoms. The Bertz CT molecular complexity index is 263. The number of hydrogen-bond acceptors (Lipinski definition) is 2. The molecule has 0 saturated heterocycles. The van der Waals surface area contributed by atoms with Crippen molar-refractivity contribution in [3.05, 3.63) is 36.3 Å². The Morgan fingerprint density at radius 1 is 1.62 bits per heavy atom. The zero-order valence-electron chi connectivity index (χ0n) is 7.99. The average Bonchev–Trinajstić information content (AvgIpc) is 2.51. The van der Waals surface area contributed by atoms with Crippen LogP contribution in [0.3, 0.4) is 0 Å². The highest BCUT2D eigenvalue weighted by atomic mass is 16.3. The molecule has 0 aromatic carbocycles. The van der Waals surface area contributed by atoms with Crippen LogP contribution in [0.1, 0.15) is 24.4 Å². The van der Waals surface area contributed by atoms with Gasteiger partial charge in [0.25, 0.3) is 0 Å². The molecule has 1 atom stereocenters. The fourth-order valence-electron chi connectivity index (χ4n) is 1.22. The maximum atomic E-state index is 9.19. The molecule has 2 nitrogen and oxygen atoms in total. The van der Waals surface area contributed by atoms with Crippen LogP contribution >= 0.6 is 0 Å². The normalized spacial score (nSPS) is 12.8. The van der Waals surface area contributed by atoms with E-state index in [0.717, 1.165) is 30.8 Å². The van der Waals surface area contributed by atoms with Crippen LogP contribution in [0.25, 0.3) is 0 Å². The number of hydrogen-bond donors (Lipinski definition) is 1. The van der Waals surface area contributed by atoms with E-state index in [9.17, 15) is 5.11 Å². The lowest BCUT2D eigenvalue weighted by Gasteiger charge is -2.02. The molecule has 72 valence electrons. The van der Waals surface area contributed by atoms with Crippen LogP contribution < -0.4 is 0 Å². The molecule has 0 radical (unpaired) electrons. The van der Waals surface area contributed by atoms with Gasteiger partial charge >= 0.3 is 0 Å². The maximum Gasteiger partial charge on any atom is 0.104 e. The molecule has 0 saturated carbocycles. The van der Waals surface area contributed by atoms with Crippen molar-refractivity contribution in [2.75, 3.05) is 0 Å². The first-order valence-corrected chi connectivity index (χ1v) is 4.58. The van der Waals surface area contributed by atoms with E-state index >= 15 is 0 Å². The van der Waals surface area contributed by atoms with Crippen LogP contribution in [0.2, 0.25) is 0 Å². The molecular formula is C11H16O2. The molecule has 0 bridgehead atoms. The van der Waals surface area contributed by atoms with E-state index in [-0.39, 0.29) is 6.10 Å². The van der Waals surface area contributed by atoms with Gasteiger partial charge in [0.2, 0.25) is 0 Å². The van der Waals surface area contributed by atoms with Crippen LogP contribution in [0.15, 0.2) is 29.2 Å². The predicted molar refractivity (Wildman–Crippen MR) is 52.6 cm³/mol. The summed E-state index contributed by atoms with van der Waals surface area (Å²) in [6, 6.07) is 3.94. The van der Waals surface area contributed by atoms with E-state index in [1.165, 1.54) is 0 Å². The summed E-state index contributed by atoms with van der Waals surface area (Å²) in [5.74, 6) is 1.94. The zero-order chi connectivity index (χ0) is 9.68. The Kier molecular flexibility index (Phi) is 3.77. The van der Waals surface area contributed by atoms with Gasteiger partial charge in [-0.3, -0.25) is 0 Å². The van der Waals surface area contributed by atoms with Crippen LogP contribution in [0.5, 0.6) is 0 Å². The molecule has 0 aliphatic carbocycles. The van der Waals surface area contributed by atoms with Crippen molar-refractivity contribution in [2.24, 2.45) is 0 Å². The smallest absolute Gasteiger partial charge is 0.104 e. The van der Waals surface area contributed by atoms with Gasteiger partial charge in [0, 0.05) is 6.42 Å². The van der Waals surface area contributed by atoms with Gasteiger partial charge in [-0.25, -0.2) is 0 Å². The molecule has 13 heavy (non-hydrogen) atoms. The van der Waals surface area contributed by atoms with Crippen molar-refractivity contribution in [3.8, 4) is 0 Å². The summed E-state index contributed by atoms with van der Waals surface area (Å²) >= 11 is 0. The second-order valence-corrected chi connectivity index (χ2v) is 3.21. The maximum absolute atomic E-state index is 9.19. The molecule has 1 rings (SSSR count). The van der Waals surface area contributed by atoms with Crippen molar-refractivity contribution in [1.82, 2.24) is 0 Å². The minimum Gasteiger partial charge on any atom is -0.466 e. The monoisotopic (exact) mass is 180 g/mol. The van der Waals surface area contributed by atoms with Crippen molar-refractivity contribution >= 4 is 0 Å². The molecule has 0 amide bonds. The molecule has 0 fully saturated rings. The van der Waals surface area contributed by atoms with Gasteiger partial charge in [0.05, 0.1) is 6.10 Å². The number of aliphatic hydroxyl groups is 1. The predicted octanol–water partition coefficient (Wildman–Crippen LogP) is 2.46. The van der Waals surface area contributed by atoms with Gasteiger partial charge in [-0.05, 0) is 31.9 Å². The Hall–Kier alpha value is -1.02.